The maximum Gasteiger partial charge on any atom is 0.401 e. The first-order valence-corrected chi connectivity index (χ1v) is 12.1. The lowest BCUT2D eigenvalue weighted by Crippen LogP contribution is -2.53. The number of rotatable bonds is 7. The van der Waals surface area contributed by atoms with Crippen molar-refractivity contribution in [3.8, 4) is 5.75 Å². The number of hydrogen-bond acceptors (Lipinski definition) is 3. The van der Waals surface area contributed by atoms with Crippen molar-refractivity contribution in [2.24, 2.45) is 0 Å². The molecule has 1 N–H and O–H groups in total. The average Bonchev–Trinajstić information content (AvgIpc) is 3.13. The van der Waals surface area contributed by atoms with Crippen molar-refractivity contribution >= 4 is 10.9 Å². The largest absolute Gasteiger partial charge is 0.488 e. The van der Waals surface area contributed by atoms with Gasteiger partial charge in [0.25, 0.3) is 0 Å². The van der Waals surface area contributed by atoms with Crippen LogP contribution in [0.2, 0.25) is 0 Å². The predicted molar refractivity (Wildman–Crippen MR) is 124 cm³/mol. The number of aromatic amines is 1. The average molecular weight is 530 g/mol. The first-order valence-electron chi connectivity index (χ1n) is 12.1. The molecule has 1 fully saturated rings. The maximum absolute atomic E-state index is 15.5. The predicted octanol–water partition coefficient (Wildman–Crippen LogP) is 5.91. The standard InChI is InChI=1S/C26H26F7N3O/c1-14-7-19-18-8-15(28)3-4-22(18)34-24(19)25(36(14)13-26(31,32)33)23-20(29)9-16(10-21(23)30)37-17-11-35(12-17)6-2-5-27/h3-4,8-10,14,17,25,34H,2,5-7,11-13H2,1H3/t14-,25-/m1/s1. The fraction of sp³-hybridized carbons (Fsp3) is 0.462. The van der Waals surface area contributed by atoms with E-state index < -0.39 is 54.5 Å². The monoisotopic (exact) mass is 529 g/mol. The minimum Gasteiger partial charge on any atom is -0.488 e. The zero-order valence-electron chi connectivity index (χ0n) is 20.0. The zero-order chi connectivity index (χ0) is 26.5. The van der Waals surface area contributed by atoms with Crippen LogP contribution >= 0.6 is 0 Å². The molecule has 0 spiro atoms. The van der Waals surface area contributed by atoms with Crippen LogP contribution in [-0.4, -0.2) is 66.0 Å². The second-order valence-electron chi connectivity index (χ2n) is 9.79. The molecule has 1 saturated heterocycles. The van der Waals surface area contributed by atoms with Gasteiger partial charge >= 0.3 is 6.18 Å². The van der Waals surface area contributed by atoms with Crippen LogP contribution < -0.4 is 4.74 Å². The van der Waals surface area contributed by atoms with Gasteiger partial charge in [0.1, 0.15) is 29.3 Å². The molecule has 2 aromatic carbocycles. The lowest BCUT2D eigenvalue weighted by atomic mass is 9.88. The summed E-state index contributed by atoms with van der Waals surface area (Å²) in [6.07, 6.45) is -4.40. The third-order valence-electron chi connectivity index (χ3n) is 7.09. The van der Waals surface area contributed by atoms with E-state index in [1.807, 2.05) is 4.90 Å². The molecule has 37 heavy (non-hydrogen) atoms. The van der Waals surface area contributed by atoms with E-state index in [1.165, 1.54) is 18.2 Å². The molecule has 0 radical (unpaired) electrons. The Labute approximate surface area is 209 Å². The molecule has 4 nitrogen and oxygen atoms in total. The molecule has 2 aliphatic heterocycles. The van der Waals surface area contributed by atoms with Crippen LogP contribution in [0.5, 0.6) is 5.75 Å². The maximum atomic E-state index is 15.5. The molecule has 2 atom stereocenters. The Balaban J connectivity index is 1.51. The zero-order valence-corrected chi connectivity index (χ0v) is 20.0. The highest BCUT2D eigenvalue weighted by Crippen LogP contribution is 2.44. The number of benzene rings is 2. The number of halogens is 7. The normalized spacial score (nSPS) is 21.3. The number of nitrogens with one attached hydrogen (secondary N) is 1. The summed E-state index contributed by atoms with van der Waals surface area (Å²) in [6, 6.07) is 3.75. The summed E-state index contributed by atoms with van der Waals surface area (Å²) in [5.41, 5.74) is 0.680. The third-order valence-corrected chi connectivity index (χ3v) is 7.09. The van der Waals surface area contributed by atoms with Gasteiger partial charge in [-0.05, 0) is 43.5 Å². The van der Waals surface area contributed by atoms with Crippen LogP contribution in [0, 0.1) is 17.5 Å². The van der Waals surface area contributed by atoms with E-state index in [9.17, 15) is 22.0 Å². The molecule has 0 aliphatic carbocycles. The molecule has 3 heterocycles. The van der Waals surface area contributed by atoms with Gasteiger partial charge in [0.2, 0.25) is 0 Å². The summed E-state index contributed by atoms with van der Waals surface area (Å²) >= 11 is 0. The van der Waals surface area contributed by atoms with E-state index in [1.54, 1.807) is 6.92 Å². The summed E-state index contributed by atoms with van der Waals surface area (Å²) in [7, 11) is 0. The van der Waals surface area contributed by atoms with Crippen molar-refractivity contribution in [1.82, 2.24) is 14.8 Å². The van der Waals surface area contributed by atoms with Crippen molar-refractivity contribution in [3.63, 3.8) is 0 Å². The highest BCUT2D eigenvalue weighted by Gasteiger charge is 2.44. The fourth-order valence-electron chi connectivity index (χ4n) is 5.44. The number of aromatic nitrogens is 1. The van der Waals surface area contributed by atoms with Crippen LogP contribution in [0.15, 0.2) is 30.3 Å². The Hall–Kier alpha value is -2.79. The van der Waals surface area contributed by atoms with Crippen LogP contribution in [-0.2, 0) is 6.42 Å². The summed E-state index contributed by atoms with van der Waals surface area (Å²) in [4.78, 5) is 5.96. The Bertz CT molecular complexity index is 1260. The van der Waals surface area contributed by atoms with Crippen LogP contribution in [0.25, 0.3) is 10.9 Å². The molecule has 0 amide bonds. The van der Waals surface area contributed by atoms with E-state index in [-0.39, 0.29) is 24.0 Å². The minimum atomic E-state index is -4.61. The van der Waals surface area contributed by atoms with E-state index in [0.29, 0.717) is 42.5 Å². The number of H-pyrrole nitrogens is 1. The minimum absolute atomic E-state index is 0.0703. The SMILES string of the molecule is C[C@@H]1Cc2c([nH]c3ccc(F)cc23)[C@@H](c2c(F)cc(OC3CN(CCCF)C3)cc2F)N1CC(F)(F)F. The van der Waals surface area contributed by atoms with E-state index >= 15 is 8.78 Å². The molecule has 0 bridgehead atoms. The third kappa shape index (κ3) is 5.16. The van der Waals surface area contributed by atoms with Crippen molar-refractivity contribution in [2.75, 3.05) is 32.9 Å². The van der Waals surface area contributed by atoms with E-state index in [0.717, 1.165) is 17.0 Å². The van der Waals surface area contributed by atoms with Crippen LogP contribution in [0.3, 0.4) is 0 Å². The molecular formula is C26H26F7N3O. The molecule has 3 aromatic rings. The summed E-state index contributed by atoms with van der Waals surface area (Å²) in [5.74, 6) is -2.66. The van der Waals surface area contributed by atoms with Gasteiger partial charge < -0.3 is 9.72 Å². The topological polar surface area (TPSA) is 31.5 Å². The van der Waals surface area contributed by atoms with Gasteiger partial charge in [0.05, 0.1) is 19.3 Å². The van der Waals surface area contributed by atoms with E-state index in [2.05, 4.69) is 4.98 Å². The van der Waals surface area contributed by atoms with Crippen LogP contribution in [0.4, 0.5) is 30.7 Å². The molecule has 200 valence electrons. The van der Waals surface area contributed by atoms with Crippen LogP contribution in [0.1, 0.15) is 36.2 Å². The van der Waals surface area contributed by atoms with Crippen molar-refractivity contribution in [2.45, 2.75) is 44.1 Å². The lowest BCUT2D eigenvalue weighted by molar-refractivity contribution is -0.155. The highest BCUT2D eigenvalue weighted by molar-refractivity contribution is 5.85. The van der Waals surface area contributed by atoms with Gasteiger partial charge in [0, 0.05) is 60.0 Å². The number of fused-ring (bicyclic) bond motifs is 3. The molecule has 5 rings (SSSR count). The number of nitrogens with zero attached hydrogens (tertiary/aromatic N) is 2. The number of alkyl halides is 4. The van der Waals surface area contributed by atoms with Gasteiger partial charge in [-0.2, -0.15) is 13.2 Å². The van der Waals surface area contributed by atoms with Gasteiger partial charge in [-0.3, -0.25) is 14.2 Å². The summed E-state index contributed by atoms with van der Waals surface area (Å²) in [5, 5.41) is 0.474. The van der Waals surface area contributed by atoms with Gasteiger partial charge in [-0.25, -0.2) is 13.2 Å². The van der Waals surface area contributed by atoms with Crippen molar-refractivity contribution in [1.29, 1.82) is 0 Å². The Morgan fingerprint density at radius 3 is 2.41 bits per heavy atom. The molecule has 11 heteroatoms. The first kappa shape index (κ1) is 25.8. The number of hydrogen-bond donors (Lipinski definition) is 1. The van der Waals surface area contributed by atoms with Gasteiger partial charge in [0.15, 0.2) is 0 Å². The molecule has 1 aromatic heterocycles. The molecular weight excluding hydrogens is 503 g/mol. The lowest BCUT2D eigenvalue weighted by Gasteiger charge is -2.41. The van der Waals surface area contributed by atoms with E-state index in [4.69, 9.17) is 4.74 Å². The summed E-state index contributed by atoms with van der Waals surface area (Å²) in [6.45, 7) is 1.27. The van der Waals surface area contributed by atoms with Crippen molar-refractivity contribution in [3.05, 3.63) is 64.6 Å². The first-order chi connectivity index (χ1) is 17.5. The quantitative estimate of drug-likeness (QED) is 0.387. The highest BCUT2D eigenvalue weighted by atomic mass is 19.4. The number of ether oxygens (including phenoxy) is 1. The Morgan fingerprint density at radius 1 is 1.05 bits per heavy atom. The second kappa shape index (κ2) is 9.83. The Morgan fingerprint density at radius 2 is 1.76 bits per heavy atom. The fourth-order valence-corrected chi connectivity index (χ4v) is 5.44. The van der Waals surface area contributed by atoms with Gasteiger partial charge in [-0.15, -0.1) is 0 Å². The second-order valence-corrected chi connectivity index (χ2v) is 9.79. The Kier molecular flexibility index (Phi) is 6.86. The van der Waals surface area contributed by atoms with Crippen molar-refractivity contribution < 1.29 is 35.5 Å². The molecule has 0 saturated carbocycles. The summed E-state index contributed by atoms with van der Waals surface area (Å²) < 4.78 is 104. The van der Waals surface area contributed by atoms with Gasteiger partial charge in [-0.1, -0.05) is 0 Å². The molecule has 2 aliphatic rings. The smallest absolute Gasteiger partial charge is 0.401 e. The number of likely N-dealkylation sites (tertiary alicyclic amines) is 1. The molecule has 0 unspecified atom stereocenters.